The highest BCUT2D eigenvalue weighted by molar-refractivity contribution is 5.68. The lowest BCUT2D eigenvalue weighted by atomic mass is 10.1. The number of rotatable bonds is 1. The van der Waals surface area contributed by atoms with Crippen molar-refractivity contribution in [1.29, 1.82) is 0 Å². The summed E-state index contributed by atoms with van der Waals surface area (Å²) in [5.41, 5.74) is -0.528. The van der Waals surface area contributed by atoms with Gasteiger partial charge in [-0.2, -0.15) is 0 Å². The number of carbonyl (C=O) groups is 1. The van der Waals surface area contributed by atoms with E-state index < -0.39 is 17.8 Å². The smallest absolute Gasteiger partial charge is 0.410 e. The summed E-state index contributed by atoms with van der Waals surface area (Å²) in [5, 5.41) is 18.4. The van der Waals surface area contributed by atoms with Crippen LogP contribution in [0.3, 0.4) is 0 Å². The molecule has 2 N–H and O–H groups in total. The quantitative estimate of drug-likeness (QED) is 0.658. The van der Waals surface area contributed by atoms with Crippen molar-refractivity contribution in [3.63, 3.8) is 0 Å². The molecule has 1 amide bonds. The average molecular weight is 217 g/mol. The van der Waals surface area contributed by atoms with E-state index in [1.165, 1.54) is 4.90 Å². The lowest BCUT2D eigenvalue weighted by Crippen LogP contribution is -2.35. The van der Waals surface area contributed by atoms with Crippen LogP contribution < -0.4 is 0 Å². The molecule has 0 bridgehead atoms. The van der Waals surface area contributed by atoms with Gasteiger partial charge in [0.2, 0.25) is 0 Å². The normalized spacial score (nSPS) is 26.9. The van der Waals surface area contributed by atoms with Crippen molar-refractivity contribution in [2.75, 3.05) is 19.7 Å². The maximum atomic E-state index is 11.6. The minimum atomic E-state index is -0.650. The van der Waals surface area contributed by atoms with Gasteiger partial charge >= 0.3 is 6.09 Å². The molecule has 1 aliphatic heterocycles. The molecule has 1 heterocycles. The summed E-state index contributed by atoms with van der Waals surface area (Å²) in [5.74, 6) is -0.252. The fourth-order valence-electron chi connectivity index (χ4n) is 1.51. The molecule has 1 fully saturated rings. The average Bonchev–Trinajstić information content (AvgIpc) is 2.43. The number of aliphatic hydroxyl groups excluding tert-OH is 2. The Bertz CT molecular complexity index is 236. The molecule has 15 heavy (non-hydrogen) atoms. The lowest BCUT2D eigenvalue weighted by molar-refractivity contribution is 0.0269. The summed E-state index contributed by atoms with van der Waals surface area (Å²) in [6.07, 6.45) is -1.08. The molecule has 5 heteroatoms. The number of β-amino-alcohol motifs (C(OH)–C–C–N with tert-alkyl or cyclic N) is 1. The molecule has 1 aliphatic rings. The summed E-state index contributed by atoms with van der Waals surface area (Å²) in [4.78, 5) is 13.0. The molecule has 1 unspecified atom stereocenters. The van der Waals surface area contributed by atoms with Crippen LogP contribution in [-0.4, -0.2) is 52.6 Å². The van der Waals surface area contributed by atoms with Crippen LogP contribution in [0, 0.1) is 5.92 Å². The van der Waals surface area contributed by atoms with E-state index in [-0.39, 0.29) is 19.1 Å². The van der Waals surface area contributed by atoms with Gasteiger partial charge in [0.1, 0.15) is 5.60 Å². The Labute approximate surface area is 89.6 Å². The first-order chi connectivity index (χ1) is 6.83. The zero-order valence-corrected chi connectivity index (χ0v) is 9.43. The number of likely N-dealkylation sites (tertiary alicyclic amines) is 1. The standard InChI is InChI=1S/C10H19NO4/c1-10(2,3)15-9(14)11-4-7(6-12)8(13)5-11/h7-8,12-13H,4-6H2,1-3H3/t7-,8?/m1/s1. The minimum Gasteiger partial charge on any atom is -0.444 e. The van der Waals surface area contributed by atoms with E-state index >= 15 is 0 Å². The molecule has 0 spiro atoms. The van der Waals surface area contributed by atoms with Gasteiger partial charge in [-0.15, -0.1) is 0 Å². The van der Waals surface area contributed by atoms with Crippen LogP contribution in [0.25, 0.3) is 0 Å². The van der Waals surface area contributed by atoms with Crippen molar-refractivity contribution < 1.29 is 19.7 Å². The van der Waals surface area contributed by atoms with E-state index in [9.17, 15) is 9.90 Å². The Kier molecular flexibility index (Phi) is 3.57. The summed E-state index contributed by atoms with van der Waals surface area (Å²) >= 11 is 0. The maximum Gasteiger partial charge on any atom is 0.410 e. The highest BCUT2D eigenvalue weighted by atomic mass is 16.6. The van der Waals surface area contributed by atoms with Crippen LogP contribution in [0.1, 0.15) is 20.8 Å². The van der Waals surface area contributed by atoms with Crippen LogP contribution in [0.5, 0.6) is 0 Å². The van der Waals surface area contributed by atoms with Crippen LogP contribution in [0.4, 0.5) is 4.79 Å². The first kappa shape index (κ1) is 12.3. The topological polar surface area (TPSA) is 70.0 Å². The first-order valence-electron chi connectivity index (χ1n) is 5.10. The number of hydrogen-bond donors (Lipinski definition) is 2. The molecule has 2 atom stereocenters. The predicted molar refractivity (Wildman–Crippen MR) is 54.4 cm³/mol. The summed E-state index contributed by atoms with van der Waals surface area (Å²) in [6, 6.07) is 0. The summed E-state index contributed by atoms with van der Waals surface area (Å²) < 4.78 is 5.16. The zero-order chi connectivity index (χ0) is 11.6. The molecule has 0 aromatic carbocycles. The first-order valence-corrected chi connectivity index (χ1v) is 5.10. The van der Waals surface area contributed by atoms with Gasteiger partial charge in [-0.05, 0) is 20.8 Å². The Morgan fingerprint density at radius 1 is 1.47 bits per heavy atom. The van der Waals surface area contributed by atoms with E-state index in [0.717, 1.165) is 0 Å². The van der Waals surface area contributed by atoms with Gasteiger partial charge in [0, 0.05) is 12.5 Å². The molecule has 0 aromatic rings. The highest BCUT2D eigenvalue weighted by Crippen LogP contribution is 2.19. The Balaban J connectivity index is 2.50. The Morgan fingerprint density at radius 3 is 2.47 bits per heavy atom. The number of nitrogens with zero attached hydrogens (tertiary/aromatic N) is 1. The van der Waals surface area contributed by atoms with Gasteiger partial charge in [-0.3, -0.25) is 0 Å². The Morgan fingerprint density at radius 2 is 2.07 bits per heavy atom. The zero-order valence-electron chi connectivity index (χ0n) is 9.43. The molecule has 0 saturated carbocycles. The van der Waals surface area contributed by atoms with Crippen LogP contribution in [0.2, 0.25) is 0 Å². The number of amides is 1. The molecular formula is C10H19NO4. The third-order valence-electron chi connectivity index (χ3n) is 2.29. The van der Waals surface area contributed by atoms with Gasteiger partial charge < -0.3 is 19.8 Å². The monoisotopic (exact) mass is 217 g/mol. The molecule has 0 aromatic heterocycles. The van der Waals surface area contributed by atoms with Crippen LogP contribution in [0.15, 0.2) is 0 Å². The molecule has 0 radical (unpaired) electrons. The second-order valence-electron chi connectivity index (χ2n) is 4.90. The number of hydrogen-bond acceptors (Lipinski definition) is 4. The van der Waals surface area contributed by atoms with Gasteiger partial charge in [0.25, 0.3) is 0 Å². The molecule has 1 saturated heterocycles. The van der Waals surface area contributed by atoms with E-state index in [4.69, 9.17) is 9.84 Å². The van der Waals surface area contributed by atoms with Gasteiger partial charge in [0.05, 0.1) is 19.3 Å². The van der Waals surface area contributed by atoms with Crippen molar-refractivity contribution in [3.8, 4) is 0 Å². The number of aliphatic hydroxyl groups is 2. The van der Waals surface area contributed by atoms with Crippen molar-refractivity contribution in [3.05, 3.63) is 0 Å². The predicted octanol–water partition coefficient (Wildman–Crippen LogP) is 0.207. The second kappa shape index (κ2) is 4.37. The van der Waals surface area contributed by atoms with E-state index in [2.05, 4.69) is 0 Å². The largest absolute Gasteiger partial charge is 0.444 e. The molecule has 88 valence electrons. The van der Waals surface area contributed by atoms with Gasteiger partial charge in [0.15, 0.2) is 0 Å². The fourth-order valence-corrected chi connectivity index (χ4v) is 1.51. The lowest BCUT2D eigenvalue weighted by Gasteiger charge is -2.24. The van der Waals surface area contributed by atoms with Gasteiger partial charge in [-0.1, -0.05) is 0 Å². The van der Waals surface area contributed by atoms with Crippen LogP contribution in [-0.2, 0) is 4.74 Å². The van der Waals surface area contributed by atoms with Crippen molar-refractivity contribution >= 4 is 6.09 Å². The third-order valence-corrected chi connectivity index (χ3v) is 2.29. The molecule has 0 aliphatic carbocycles. The molecule has 1 rings (SSSR count). The number of carbonyl (C=O) groups excluding carboxylic acids is 1. The maximum absolute atomic E-state index is 11.6. The Hall–Kier alpha value is -0.810. The van der Waals surface area contributed by atoms with E-state index in [0.29, 0.717) is 6.54 Å². The third kappa shape index (κ3) is 3.35. The van der Waals surface area contributed by atoms with Crippen molar-refractivity contribution in [1.82, 2.24) is 4.90 Å². The van der Waals surface area contributed by atoms with Crippen LogP contribution >= 0.6 is 0 Å². The number of ether oxygens (including phenoxy) is 1. The minimum absolute atomic E-state index is 0.111. The summed E-state index contributed by atoms with van der Waals surface area (Å²) in [6.45, 7) is 5.86. The summed E-state index contributed by atoms with van der Waals surface area (Å²) in [7, 11) is 0. The second-order valence-corrected chi connectivity index (χ2v) is 4.90. The molecular weight excluding hydrogens is 198 g/mol. The SMILES string of the molecule is CC(C)(C)OC(=O)N1CC(O)[C@@H](CO)C1. The highest BCUT2D eigenvalue weighted by Gasteiger charge is 2.35. The van der Waals surface area contributed by atoms with Crippen molar-refractivity contribution in [2.45, 2.75) is 32.5 Å². The molecule has 5 nitrogen and oxygen atoms in total. The van der Waals surface area contributed by atoms with Crippen molar-refractivity contribution in [2.24, 2.45) is 5.92 Å². The fraction of sp³-hybridized carbons (Fsp3) is 0.900. The van der Waals surface area contributed by atoms with E-state index in [1.54, 1.807) is 20.8 Å². The van der Waals surface area contributed by atoms with E-state index in [1.807, 2.05) is 0 Å². The van der Waals surface area contributed by atoms with Gasteiger partial charge in [-0.25, -0.2) is 4.79 Å².